The van der Waals surface area contributed by atoms with E-state index in [9.17, 15) is 0 Å². The summed E-state index contributed by atoms with van der Waals surface area (Å²) in [5.74, 6) is 0. The average Bonchev–Trinajstić information content (AvgIpc) is 2.47. The summed E-state index contributed by atoms with van der Waals surface area (Å²) < 4.78 is 0. The van der Waals surface area contributed by atoms with Gasteiger partial charge in [-0.05, 0) is 24.0 Å². The van der Waals surface area contributed by atoms with Gasteiger partial charge in [-0.1, -0.05) is 29.8 Å². The SMILES string of the molecule is N#CC=C1Cc2ccccc2C1. The maximum atomic E-state index is 8.48. The summed E-state index contributed by atoms with van der Waals surface area (Å²) in [7, 11) is 0. The molecule has 0 heterocycles. The molecule has 0 spiro atoms. The van der Waals surface area contributed by atoms with Gasteiger partial charge >= 0.3 is 0 Å². The van der Waals surface area contributed by atoms with E-state index in [1.807, 2.05) is 12.1 Å². The number of fused-ring (bicyclic) bond motifs is 1. The molecule has 2 rings (SSSR count). The number of hydrogen-bond donors (Lipinski definition) is 0. The normalized spacial score (nSPS) is 13.8. The van der Waals surface area contributed by atoms with Gasteiger partial charge in [0.15, 0.2) is 0 Å². The Labute approximate surface area is 72.0 Å². The van der Waals surface area contributed by atoms with Gasteiger partial charge in [0.25, 0.3) is 0 Å². The van der Waals surface area contributed by atoms with Crippen molar-refractivity contribution in [3.63, 3.8) is 0 Å². The second-order valence-electron chi connectivity index (χ2n) is 3.05. The van der Waals surface area contributed by atoms with Gasteiger partial charge in [-0.3, -0.25) is 0 Å². The summed E-state index contributed by atoms with van der Waals surface area (Å²) in [6.07, 6.45) is 3.59. The van der Waals surface area contributed by atoms with Crippen LogP contribution in [-0.2, 0) is 12.8 Å². The van der Waals surface area contributed by atoms with Crippen molar-refractivity contribution in [3.05, 3.63) is 47.0 Å². The lowest BCUT2D eigenvalue weighted by atomic mass is 10.1. The van der Waals surface area contributed by atoms with Gasteiger partial charge in [0.2, 0.25) is 0 Å². The number of allylic oxidation sites excluding steroid dienone is 2. The van der Waals surface area contributed by atoms with Crippen LogP contribution in [0.15, 0.2) is 35.9 Å². The largest absolute Gasteiger partial charge is 0.193 e. The summed E-state index contributed by atoms with van der Waals surface area (Å²) in [6.45, 7) is 0. The molecule has 1 aromatic carbocycles. The zero-order chi connectivity index (χ0) is 8.39. The Bertz CT molecular complexity index is 342. The van der Waals surface area contributed by atoms with E-state index in [-0.39, 0.29) is 0 Å². The zero-order valence-corrected chi connectivity index (χ0v) is 6.75. The van der Waals surface area contributed by atoms with Crippen LogP contribution >= 0.6 is 0 Å². The minimum absolute atomic E-state index is 0.962. The fourth-order valence-corrected chi connectivity index (χ4v) is 1.65. The lowest BCUT2D eigenvalue weighted by Crippen LogP contribution is -1.77. The van der Waals surface area contributed by atoms with Crippen LogP contribution in [0.5, 0.6) is 0 Å². The van der Waals surface area contributed by atoms with Crippen molar-refractivity contribution in [2.24, 2.45) is 0 Å². The fourth-order valence-electron chi connectivity index (χ4n) is 1.65. The minimum atomic E-state index is 0.962. The molecule has 0 aliphatic heterocycles. The molecule has 12 heavy (non-hydrogen) atoms. The van der Waals surface area contributed by atoms with Gasteiger partial charge in [0.1, 0.15) is 0 Å². The summed E-state index contributed by atoms with van der Waals surface area (Å²) in [6, 6.07) is 10.4. The zero-order valence-electron chi connectivity index (χ0n) is 6.75. The van der Waals surface area contributed by atoms with Crippen molar-refractivity contribution in [1.82, 2.24) is 0 Å². The van der Waals surface area contributed by atoms with E-state index in [1.54, 1.807) is 6.08 Å². The van der Waals surface area contributed by atoms with Crippen LogP contribution in [0.4, 0.5) is 0 Å². The van der Waals surface area contributed by atoms with Crippen molar-refractivity contribution in [2.45, 2.75) is 12.8 Å². The predicted octanol–water partition coefficient (Wildman–Crippen LogP) is 2.24. The molecule has 0 atom stereocenters. The van der Waals surface area contributed by atoms with Crippen molar-refractivity contribution in [3.8, 4) is 6.07 Å². The smallest absolute Gasteiger partial charge is 0.0911 e. The molecule has 0 aromatic heterocycles. The molecule has 0 N–H and O–H groups in total. The van der Waals surface area contributed by atoms with E-state index in [2.05, 4.69) is 18.2 Å². The van der Waals surface area contributed by atoms with Crippen LogP contribution in [0.25, 0.3) is 0 Å². The summed E-state index contributed by atoms with van der Waals surface area (Å²) >= 11 is 0. The maximum Gasteiger partial charge on any atom is 0.0911 e. The molecule has 1 nitrogen and oxygen atoms in total. The highest BCUT2D eigenvalue weighted by Gasteiger charge is 2.13. The third-order valence-corrected chi connectivity index (χ3v) is 2.22. The molecule has 0 saturated heterocycles. The molecular weight excluding hydrogens is 146 g/mol. The van der Waals surface area contributed by atoms with Gasteiger partial charge in [-0.25, -0.2) is 0 Å². The number of benzene rings is 1. The van der Waals surface area contributed by atoms with E-state index in [0.29, 0.717) is 0 Å². The van der Waals surface area contributed by atoms with Crippen molar-refractivity contribution in [1.29, 1.82) is 5.26 Å². The quantitative estimate of drug-likeness (QED) is 0.527. The second-order valence-corrected chi connectivity index (χ2v) is 3.05. The highest BCUT2D eigenvalue weighted by Crippen LogP contribution is 2.25. The Kier molecular flexibility index (Phi) is 1.68. The van der Waals surface area contributed by atoms with Crippen LogP contribution in [0.1, 0.15) is 11.1 Å². The third-order valence-electron chi connectivity index (χ3n) is 2.22. The average molecular weight is 155 g/mol. The Morgan fingerprint density at radius 3 is 2.25 bits per heavy atom. The Hall–Kier alpha value is -1.55. The van der Waals surface area contributed by atoms with Crippen molar-refractivity contribution in [2.75, 3.05) is 0 Å². The van der Waals surface area contributed by atoms with Crippen molar-refractivity contribution >= 4 is 0 Å². The molecule has 0 bridgehead atoms. The summed E-state index contributed by atoms with van der Waals surface area (Å²) in [5, 5.41) is 8.48. The summed E-state index contributed by atoms with van der Waals surface area (Å²) in [4.78, 5) is 0. The van der Waals surface area contributed by atoms with E-state index in [0.717, 1.165) is 12.8 Å². The molecule has 0 amide bonds. The molecule has 58 valence electrons. The molecule has 1 aliphatic carbocycles. The number of hydrogen-bond acceptors (Lipinski definition) is 1. The number of nitrogens with zero attached hydrogens (tertiary/aromatic N) is 1. The lowest BCUT2D eigenvalue weighted by Gasteiger charge is -1.92. The standard InChI is InChI=1S/C11H9N/c12-6-5-9-7-10-3-1-2-4-11(10)8-9/h1-5H,7-8H2. The first-order valence-electron chi connectivity index (χ1n) is 4.04. The Morgan fingerprint density at radius 2 is 1.75 bits per heavy atom. The Balaban J connectivity index is 2.35. The maximum absolute atomic E-state index is 8.48. The van der Waals surface area contributed by atoms with Gasteiger partial charge in [0, 0.05) is 6.08 Å². The van der Waals surface area contributed by atoms with Gasteiger partial charge in [-0.15, -0.1) is 0 Å². The lowest BCUT2D eigenvalue weighted by molar-refractivity contribution is 1.17. The first kappa shape index (κ1) is 7.12. The van der Waals surface area contributed by atoms with Gasteiger partial charge in [0.05, 0.1) is 6.07 Å². The fraction of sp³-hybridized carbons (Fsp3) is 0.182. The number of rotatable bonds is 0. The molecule has 1 aromatic rings. The van der Waals surface area contributed by atoms with Gasteiger partial charge in [-0.2, -0.15) is 5.26 Å². The van der Waals surface area contributed by atoms with Crippen LogP contribution in [0.3, 0.4) is 0 Å². The topological polar surface area (TPSA) is 23.8 Å². The molecule has 0 unspecified atom stereocenters. The number of nitriles is 1. The first-order chi connectivity index (χ1) is 5.90. The first-order valence-corrected chi connectivity index (χ1v) is 4.04. The van der Waals surface area contributed by atoms with E-state index < -0.39 is 0 Å². The van der Waals surface area contributed by atoms with Crippen LogP contribution in [-0.4, -0.2) is 0 Å². The third kappa shape index (κ3) is 1.12. The van der Waals surface area contributed by atoms with Crippen molar-refractivity contribution < 1.29 is 0 Å². The minimum Gasteiger partial charge on any atom is -0.193 e. The molecule has 0 fully saturated rings. The highest BCUT2D eigenvalue weighted by molar-refractivity contribution is 5.41. The Morgan fingerprint density at radius 1 is 1.17 bits per heavy atom. The predicted molar refractivity (Wildman–Crippen MR) is 47.5 cm³/mol. The van der Waals surface area contributed by atoms with Crippen LogP contribution in [0.2, 0.25) is 0 Å². The van der Waals surface area contributed by atoms with Gasteiger partial charge < -0.3 is 0 Å². The highest BCUT2D eigenvalue weighted by atomic mass is 14.2. The molecule has 0 saturated carbocycles. The molecule has 1 heteroatoms. The second kappa shape index (κ2) is 2.83. The van der Waals surface area contributed by atoms with E-state index in [4.69, 9.17) is 5.26 Å². The molecule has 1 aliphatic rings. The van der Waals surface area contributed by atoms with E-state index >= 15 is 0 Å². The molecule has 0 radical (unpaired) electrons. The van der Waals surface area contributed by atoms with E-state index in [1.165, 1.54) is 16.7 Å². The van der Waals surface area contributed by atoms with Crippen LogP contribution < -0.4 is 0 Å². The monoisotopic (exact) mass is 155 g/mol. The van der Waals surface area contributed by atoms with Crippen LogP contribution in [0, 0.1) is 11.3 Å². The summed E-state index contributed by atoms with van der Waals surface area (Å²) in [5.41, 5.74) is 3.98. The molecular formula is C11H9N.